The number of hydrogen-bond donors (Lipinski definition) is 3. The van der Waals surface area contributed by atoms with Gasteiger partial charge in [0.25, 0.3) is 0 Å². The molecule has 2 heterocycles. The first-order valence-corrected chi connectivity index (χ1v) is 6.08. The number of pyridine rings is 1. The summed E-state index contributed by atoms with van der Waals surface area (Å²) in [7, 11) is 1.80. The molecular formula is C13H11ClN4O. The van der Waals surface area contributed by atoms with Gasteiger partial charge in [-0.2, -0.15) is 0 Å². The Hall–Kier alpha value is -2.27. The van der Waals surface area contributed by atoms with Crippen molar-refractivity contribution in [1.82, 2.24) is 15.0 Å². The second-order valence-electron chi connectivity index (χ2n) is 4.06. The highest BCUT2D eigenvalue weighted by Crippen LogP contribution is 2.30. The van der Waals surface area contributed by atoms with E-state index in [-0.39, 0.29) is 5.75 Å². The van der Waals surface area contributed by atoms with Gasteiger partial charge in [-0.1, -0.05) is 11.6 Å². The first-order valence-electron chi connectivity index (χ1n) is 5.71. The third kappa shape index (κ3) is 2.08. The van der Waals surface area contributed by atoms with Crippen molar-refractivity contribution >= 4 is 28.6 Å². The SMILES string of the molecule is CNc1ccc2[nH]c(-c3cc(Cl)ccc3O)nc2n1. The van der Waals surface area contributed by atoms with Gasteiger partial charge in [-0.25, -0.2) is 9.97 Å². The summed E-state index contributed by atoms with van der Waals surface area (Å²) in [5.74, 6) is 1.40. The summed E-state index contributed by atoms with van der Waals surface area (Å²) in [6.07, 6.45) is 0. The van der Waals surface area contributed by atoms with Gasteiger partial charge in [0.1, 0.15) is 17.4 Å². The highest BCUT2D eigenvalue weighted by Gasteiger charge is 2.11. The number of halogens is 1. The number of phenols is 1. The first-order chi connectivity index (χ1) is 9.17. The summed E-state index contributed by atoms with van der Waals surface area (Å²) in [4.78, 5) is 11.8. The van der Waals surface area contributed by atoms with Gasteiger partial charge in [-0.15, -0.1) is 0 Å². The van der Waals surface area contributed by atoms with E-state index in [2.05, 4.69) is 20.3 Å². The molecule has 0 unspecified atom stereocenters. The Bertz CT molecular complexity index is 753. The van der Waals surface area contributed by atoms with Gasteiger partial charge in [0.15, 0.2) is 5.65 Å². The van der Waals surface area contributed by atoms with Crippen LogP contribution in [0.25, 0.3) is 22.6 Å². The average Bonchev–Trinajstić information content (AvgIpc) is 2.83. The maximum absolute atomic E-state index is 9.86. The van der Waals surface area contributed by atoms with Gasteiger partial charge in [0, 0.05) is 12.1 Å². The van der Waals surface area contributed by atoms with Crippen molar-refractivity contribution in [1.29, 1.82) is 0 Å². The minimum atomic E-state index is 0.122. The molecule has 0 saturated carbocycles. The molecule has 0 atom stereocenters. The van der Waals surface area contributed by atoms with E-state index >= 15 is 0 Å². The Balaban J connectivity index is 2.17. The quantitative estimate of drug-likeness (QED) is 0.671. The Morgan fingerprint density at radius 1 is 1.21 bits per heavy atom. The van der Waals surface area contributed by atoms with Crippen LogP contribution in [-0.2, 0) is 0 Å². The maximum Gasteiger partial charge on any atom is 0.180 e. The lowest BCUT2D eigenvalue weighted by atomic mass is 10.2. The Morgan fingerprint density at radius 3 is 2.84 bits per heavy atom. The zero-order chi connectivity index (χ0) is 13.4. The van der Waals surface area contributed by atoms with E-state index in [1.165, 1.54) is 6.07 Å². The molecule has 0 aliphatic carbocycles. The molecule has 6 heteroatoms. The fourth-order valence-corrected chi connectivity index (χ4v) is 2.03. The number of imidazole rings is 1. The molecule has 2 aromatic heterocycles. The standard InChI is InChI=1S/C13H11ClN4O/c1-15-11-5-3-9-13(17-11)18-12(16-9)8-6-7(14)2-4-10(8)19/h2-6,19H,1H3,(H2,15,16,17,18). The number of nitrogens with one attached hydrogen (secondary N) is 2. The first kappa shape index (κ1) is 11.8. The van der Waals surface area contributed by atoms with Crippen LogP contribution in [0.4, 0.5) is 5.82 Å². The van der Waals surface area contributed by atoms with Crippen LogP contribution >= 0.6 is 11.6 Å². The molecule has 1 aromatic carbocycles. The third-order valence-corrected chi connectivity index (χ3v) is 3.05. The lowest BCUT2D eigenvalue weighted by molar-refractivity contribution is 0.477. The second kappa shape index (κ2) is 4.44. The number of benzene rings is 1. The van der Waals surface area contributed by atoms with E-state index in [1.807, 2.05) is 12.1 Å². The lowest BCUT2D eigenvalue weighted by Crippen LogP contribution is -1.91. The van der Waals surface area contributed by atoms with Crippen LogP contribution in [0.2, 0.25) is 5.02 Å². The third-order valence-electron chi connectivity index (χ3n) is 2.82. The molecule has 0 bridgehead atoms. The van der Waals surface area contributed by atoms with E-state index in [0.29, 0.717) is 22.1 Å². The largest absolute Gasteiger partial charge is 0.507 e. The molecule has 96 valence electrons. The lowest BCUT2D eigenvalue weighted by Gasteiger charge is -2.00. The van der Waals surface area contributed by atoms with Crippen molar-refractivity contribution in [2.75, 3.05) is 12.4 Å². The Kier molecular flexibility index (Phi) is 2.76. The number of phenolic OH excluding ortho intramolecular Hbond substituents is 1. The normalized spacial score (nSPS) is 10.8. The summed E-state index contributed by atoms with van der Waals surface area (Å²) in [5, 5.41) is 13.4. The molecule has 3 aromatic rings. The second-order valence-corrected chi connectivity index (χ2v) is 4.50. The molecule has 0 fully saturated rings. The van der Waals surface area contributed by atoms with Gasteiger partial charge in [0.05, 0.1) is 11.1 Å². The Labute approximate surface area is 114 Å². The number of hydrogen-bond acceptors (Lipinski definition) is 4. The number of aromatic nitrogens is 3. The topological polar surface area (TPSA) is 73.8 Å². The zero-order valence-corrected chi connectivity index (χ0v) is 10.9. The highest BCUT2D eigenvalue weighted by atomic mass is 35.5. The van der Waals surface area contributed by atoms with Crippen molar-refractivity contribution in [3.63, 3.8) is 0 Å². The number of H-pyrrole nitrogens is 1. The van der Waals surface area contributed by atoms with E-state index in [9.17, 15) is 5.11 Å². The molecule has 3 rings (SSSR count). The summed E-state index contributed by atoms with van der Waals surface area (Å²) in [5.41, 5.74) is 1.94. The fraction of sp³-hybridized carbons (Fsp3) is 0.0769. The molecule has 0 radical (unpaired) electrons. The van der Waals surface area contributed by atoms with Gasteiger partial charge in [0.2, 0.25) is 0 Å². The van der Waals surface area contributed by atoms with E-state index in [0.717, 1.165) is 11.3 Å². The van der Waals surface area contributed by atoms with Crippen LogP contribution < -0.4 is 5.32 Å². The minimum absolute atomic E-state index is 0.122. The van der Waals surface area contributed by atoms with Gasteiger partial charge < -0.3 is 15.4 Å². The minimum Gasteiger partial charge on any atom is -0.507 e. The van der Waals surface area contributed by atoms with Gasteiger partial charge >= 0.3 is 0 Å². The summed E-state index contributed by atoms with van der Waals surface area (Å²) >= 11 is 5.93. The average molecular weight is 275 g/mol. The van der Waals surface area contributed by atoms with E-state index < -0.39 is 0 Å². The Morgan fingerprint density at radius 2 is 2.05 bits per heavy atom. The molecule has 0 saturated heterocycles. The summed E-state index contributed by atoms with van der Waals surface area (Å²) < 4.78 is 0. The number of aromatic hydroxyl groups is 1. The maximum atomic E-state index is 9.86. The fourth-order valence-electron chi connectivity index (χ4n) is 1.86. The van der Waals surface area contributed by atoms with E-state index in [1.54, 1.807) is 19.2 Å². The van der Waals surface area contributed by atoms with Crippen molar-refractivity contribution in [2.24, 2.45) is 0 Å². The highest BCUT2D eigenvalue weighted by molar-refractivity contribution is 6.30. The van der Waals surface area contributed by atoms with Crippen LogP contribution in [-0.4, -0.2) is 27.1 Å². The van der Waals surface area contributed by atoms with Crippen molar-refractivity contribution in [2.45, 2.75) is 0 Å². The molecular weight excluding hydrogens is 264 g/mol. The number of fused-ring (bicyclic) bond motifs is 1. The number of rotatable bonds is 2. The monoisotopic (exact) mass is 274 g/mol. The summed E-state index contributed by atoms with van der Waals surface area (Å²) in [6.45, 7) is 0. The molecule has 0 aliphatic rings. The van der Waals surface area contributed by atoms with Gasteiger partial charge in [-0.3, -0.25) is 0 Å². The predicted octanol–water partition coefficient (Wildman–Crippen LogP) is 3.03. The number of anilines is 1. The predicted molar refractivity (Wildman–Crippen MR) is 75.5 cm³/mol. The van der Waals surface area contributed by atoms with Crippen molar-refractivity contribution in [3.05, 3.63) is 35.4 Å². The molecule has 0 aliphatic heterocycles. The van der Waals surface area contributed by atoms with E-state index in [4.69, 9.17) is 11.6 Å². The van der Waals surface area contributed by atoms with Crippen LogP contribution in [0.15, 0.2) is 30.3 Å². The van der Waals surface area contributed by atoms with Crippen molar-refractivity contribution in [3.8, 4) is 17.1 Å². The van der Waals surface area contributed by atoms with Crippen LogP contribution in [0.5, 0.6) is 5.75 Å². The zero-order valence-electron chi connectivity index (χ0n) is 10.1. The molecule has 19 heavy (non-hydrogen) atoms. The molecule has 3 N–H and O–H groups in total. The summed E-state index contributed by atoms with van der Waals surface area (Å²) in [6, 6.07) is 8.56. The van der Waals surface area contributed by atoms with Crippen LogP contribution in [0.3, 0.4) is 0 Å². The van der Waals surface area contributed by atoms with Gasteiger partial charge in [-0.05, 0) is 30.3 Å². The van der Waals surface area contributed by atoms with Crippen LogP contribution in [0, 0.1) is 0 Å². The molecule has 0 spiro atoms. The molecule has 0 amide bonds. The number of nitrogens with zero attached hydrogens (tertiary/aromatic N) is 2. The number of aromatic amines is 1. The smallest absolute Gasteiger partial charge is 0.180 e. The van der Waals surface area contributed by atoms with Crippen molar-refractivity contribution < 1.29 is 5.11 Å². The molecule has 5 nitrogen and oxygen atoms in total. The van der Waals surface area contributed by atoms with Crippen LogP contribution in [0.1, 0.15) is 0 Å².